The molecule has 0 bridgehead atoms. The molecule has 0 saturated heterocycles. The standard InChI is InChI=1S/C9H7F3N2O3/c10-9(11,12)3-7(15)14-6-2-1-5(4-13-6)8(16)17/h1-2,4H,3H2,(H,16,17)(H,13,14,15). The molecule has 0 aliphatic carbocycles. The lowest BCUT2D eigenvalue weighted by Gasteiger charge is -2.06. The number of nitrogens with one attached hydrogen (secondary N) is 1. The van der Waals surface area contributed by atoms with Crippen molar-refractivity contribution in [2.24, 2.45) is 0 Å². The van der Waals surface area contributed by atoms with Crippen molar-refractivity contribution >= 4 is 17.7 Å². The molecule has 0 spiro atoms. The number of rotatable bonds is 3. The van der Waals surface area contributed by atoms with Crippen LogP contribution in [0, 0.1) is 0 Å². The van der Waals surface area contributed by atoms with Crippen LogP contribution in [-0.4, -0.2) is 28.1 Å². The minimum absolute atomic E-state index is 0.126. The number of nitrogens with zero attached hydrogens (tertiary/aromatic N) is 1. The Bertz CT molecular complexity index is 428. The predicted octanol–water partition coefficient (Wildman–Crippen LogP) is 1.67. The van der Waals surface area contributed by atoms with Crippen LogP contribution < -0.4 is 5.32 Å². The monoisotopic (exact) mass is 248 g/mol. The Labute approximate surface area is 93.3 Å². The third kappa shape index (κ3) is 4.49. The van der Waals surface area contributed by atoms with Gasteiger partial charge in [-0.15, -0.1) is 0 Å². The topological polar surface area (TPSA) is 79.3 Å². The molecule has 0 aromatic carbocycles. The molecule has 2 N–H and O–H groups in total. The van der Waals surface area contributed by atoms with Gasteiger partial charge in [0.1, 0.15) is 12.2 Å². The fraction of sp³-hybridized carbons (Fsp3) is 0.222. The van der Waals surface area contributed by atoms with Gasteiger partial charge < -0.3 is 10.4 Å². The molecule has 0 radical (unpaired) electrons. The molecular formula is C9H7F3N2O3. The summed E-state index contributed by atoms with van der Waals surface area (Å²) < 4.78 is 35.5. The second-order valence-electron chi connectivity index (χ2n) is 3.08. The van der Waals surface area contributed by atoms with Gasteiger partial charge in [0.15, 0.2) is 0 Å². The van der Waals surface area contributed by atoms with E-state index in [-0.39, 0.29) is 11.4 Å². The maximum Gasteiger partial charge on any atom is 0.397 e. The number of pyridine rings is 1. The summed E-state index contributed by atoms with van der Waals surface area (Å²) in [6.45, 7) is 0. The molecule has 0 fully saturated rings. The van der Waals surface area contributed by atoms with Crippen LogP contribution in [-0.2, 0) is 4.79 Å². The molecule has 5 nitrogen and oxygen atoms in total. The van der Waals surface area contributed by atoms with E-state index < -0.39 is 24.5 Å². The van der Waals surface area contributed by atoms with Gasteiger partial charge in [-0.2, -0.15) is 13.2 Å². The van der Waals surface area contributed by atoms with E-state index in [1.165, 1.54) is 0 Å². The predicted molar refractivity (Wildman–Crippen MR) is 50.5 cm³/mol. The quantitative estimate of drug-likeness (QED) is 0.852. The van der Waals surface area contributed by atoms with Crippen molar-refractivity contribution in [3.05, 3.63) is 23.9 Å². The molecule has 1 aromatic heterocycles. The van der Waals surface area contributed by atoms with Gasteiger partial charge in [0, 0.05) is 6.20 Å². The van der Waals surface area contributed by atoms with Crippen molar-refractivity contribution in [3.63, 3.8) is 0 Å². The number of hydrogen-bond donors (Lipinski definition) is 2. The van der Waals surface area contributed by atoms with Gasteiger partial charge in [0.25, 0.3) is 0 Å². The molecule has 0 atom stereocenters. The van der Waals surface area contributed by atoms with Gasteiger partial charge in [0.2, 0.25) is 5.91 Å². The van der Waals surface area contributed by atoms with Gasteiger partial charge in [-0.05, 0) is 12.1 Å². The van der Waals surface area contributed by atoms with Crippen LogP contribution in [0.25, 0.3) is 0 Å². The summed E-state index contributed by atoms with van der Waals surface area (Å²) in [6, 6.07) is 2.23. The molecule has 1 aromatic rings. The SMILES string of the molecule is O=C(CC(F)(F)F)Nc1ccc(C(=O)O)cn1. The summed E-state index contributed by atoms with van der Waals surface area (Å²) in [5.74, 6) is -2.61. The second-order valence-corrected chi connectivity index (χ2v) is 3.08. The Hall–Kier alpha value is -2.12. The highest BCUT2D eigenvalue weighted by atomic mass is 19.4. The second kappa shape index (κ2) is 4.81. The number of carboxylic acids is 1. The van der Waals surface area contributed by atoms with Gasteiger partial charge in [-0.1, -0.05) is 0 Å². The first-order valence-electron chi connectivity index (χ1n) is 4.34. The number of carbonyl (C=O) groups is 2. The highest BCUT2D eigenvalue weighted by Crippen LogP contribution is 2.20. The van der Waals surface area contributed by atoms with Crippen molar-refractivity contribution in [1.29, 1.82) is 0 Å². The van der Waals surface area contributed by atoms with Crippen molar-refractivity contribution < 1.29 is 27.9 Å². The van der Waals surface area contributed by atoms with Gasteiger partial charge in [-0.25, -0.2) is 9.78 Å². The van der Waals surface area contributed by atoms with Gasteiger partial charge in [-0.3, -0.25) is 4.79 Å². The normalized spacial score (nSPS) is 11.0. The first kappa shape index (κ1) is 12.9. The van der Waals surface area contributed by atoms with E-state index in [1.54, 1.807) is 0 Å². The van der Waals surface area contributed by atoms with E-state index in [4.69, 9.17) is 5.11 Å². The molecule has 8 heteroatoms. The Morgan fingerprint density at radius 1 is 1.35 bits per heavy atom. The molecule has 92 valence electrons. The molecule has 0 aliphatic rings. The van der Waals surface area contributed by atoms with Crippen molar-refractivity contribution in [3.8, 4) is 0 Å². The number of alkyl halides is 3. The van der Waals surface area contributed by atoms with Crippen LogP contribution in [0.4, 0.5) is 19.0 Å². The lowest BCUT2D eigenvalue weighted by atomic mass is 10.3. The maximum absolute atomic E-state index is 11.8. The minimum Gasteiger partial charge on any atom is -0.478 e. The van der Waals surface area contributed by atoms with Crippen LogP contribution in [0.15, 0.2) is 18.3 Å². The zero-order chi connectivity index (χ0) is 13.1. The summed E-state index contributed by atoms with van der Waals surface area (Å²) in [5, 5.41) is 10.4. The van der Waals surface area contributed by atoms with Crippen LogP contribution in [0.1, 0.15) is 16.8 Å². The average molecular weight is 248 g/mol. The van der Waals surface area contributed by atoms with Gasteiger partial charge >= 0.3 is 12.1 Å². The highest BCUT2D eigenvalue weighted by Gasteiger charge is 2.31. The van der Waals surface area contributed by atoms with Crippen molar-refractivity contribution in [2.45, 2.75) is 12.6 Å². The lowest BCUT2D eigenvalue weighted by Crippen LogP contribution is -2.21. The van der Waals surface area contributed by atoms with E-state index >= 15 is 0 Å². The minimum atomic E-state index is -4.59. The molecular weight excluding hydrogens is 241 g/mol. The van der Waals surface area contributed by atoms with Crippen LogP contribution in [0.5, 0.6) is 0 Å². The summed E-state index contributed by atoms with van der Waals surface area (Å²) in [6.07, 6.45) is -5.27. The Morgan fingerprint density at radius 2 is 2.00 bits per heavy atom. The zero-order valence-corrected chi connectivity index (χ0v) is 8.28. The molecule has 1 rings (SSSR count). The number of carbonyl (C=O) groups excluding carboxylic acids is 1. The molecule has 17 heavy (non-hydrogen) atoms. The van der Waals surface area contributed by atoms with E-state index in [9.17, 15) is 22.8 Å². The van der Waals surface area contributed by atoms with E-state index in [1.807, 2.05) is 5.32 Å². The fourth-order valence-corrected chi connectivity index (χ4v) is 0.963. The third-order valence-electron chi connectivity index (χ3n) is 1.64. The highest BCUT2D eigenvalue weighted by molar-refractivity contribution is 5.91. The summed E-state index contributed by atoms with van der Waals surface area (Å²) >= 11 is 0. The molecule has 0 saturated carbocycles. The number of hydrogen-bond acceptors (Lipinski definition) is 3. The number of aromatic nitrogens is 1. The number of carboxylic acid groups (broad SMARTS) is 1. The zero-order valence-electron chi connectivity index (χ0n) is 8.28. The first-order valence-corrected chi connectivity index (χ1v) is 4.34. The summed E-state index contributed by atoms with van der Waals surface area (Å²) in [5.41, 5.74) is -0.126. The third-order valence-corrected chi connectivity index (χ3v) is 1.64. The van der Waals surface area contributed by atoms with E-state index in [0.29, 0.717) is 0 Å². The number of halogens is 3. The summed E-state index contributed by atoms with van der Waals surface area (Å²) in [7, 11) is 0. The number of aromatic carboxylic acids is 1. The Kier molecular flexibility index (Phi) is 3.66. The number of anilines is 1. The average Bonchev–Trinajstić information content (AvgIpc) is 2.15. The maximum atomic E-state index is 11.8. The molecule has 0 unspecified atom stereocenters. The Balaban J connectivity index is 2.64. The smallest absolute Gasteiger partial charge is 0.397 e. The van der Waals surface area contributed by atoms with Crippen molar-refractivity contribution in [1.82, 2.24) is 4.98 Å². The largest absolute Gasteiger partial charge is 0.478 e. The van der Waals surface area contributed by atoms with Crippen molar-refractivity contribution in [2.75, 3.05) is 5.32 Å². The van der Waals surface area contributed by atoms with Crippen LogP contribution in [0.3, 0.4) is 0 Å². The molecule has 0 aliphatic heterocycles. The lowest BCUT2D eigenvalue weighted by molar-refractivity contribution is -0.150. The first-order chi connectivity index (χ1) is 7.78. The Morgan fingerprint density at radius 3 is 2.41 bits per heavy atom. The molecule has 1 heterocycles. The fourth-order valence-electron chi connectivity index (χ4n) is 0.963. The molecule has 1 amide bonds. The van der Waals surface area contributed by atoms with E-state index in [2.05, 4.69) is 4.98 Å². The van der Waals surface area contributed by atoms with Gasteiger partial charge in [0.05, 0.1) is 5.56 Å². The van der Waals surface area contributed by atoms with Crippen LogP contribution in [0.2, 0.25) is 0 Å². The number of amides is 1. The van der Waals surface area contributed by atoms with E-state index in [0.717, 1.165) is 18.3 Å². The van der Waals surface area contributed by atoms with Crippen LogP contribution >= 0.6 is 0 Å². The summed E-state index contributed by atoms with van der Waals surface area (Å²) in [4.78, 5) is 24.8.